The van der Waals surface area contributed by atoms with Gasteiger partial charge in [0, 0.05) is 4.47 Å². The zero-order valence-electron chi connectivity index (χ0n) is 16.1. The number of rotatable bonds is 6. The van der Waals surface area contributed by atoms with Crippen molar-refractivity contribution in [1.82, 2.24) is 4.90 Å². The van der Waals surface area contributed by atoms with E-state index in [1.54, 1.807) is 20.3 Å². The average molecular weight is 503 g/mol. The van der Waals surface area contributed by atoms with Gasteiger partial charge in [-0.1, -0.05) is 51.3 Å². The molecule has 1 aliphatic heterocycles. The number of nitrogens with zero attached hydrogens (tertiary/aromatic N) is 1. The molecule has 8 heteroatoms. The molecule has 0 amide bonds. The topological polar surface area (TPSA) is 59.0 Å². The quantitative estimate of drug-likeness (QED) is 0.552. The number of halogens is 3. The van der Waals surface area contributed by atoms with Crippen molar-refractivity contribution in [3.8, 4) is 11.5 Å². The highest BCUT2D eigenvalue weighted by molar-refractivity contribution is 9.10. The van der Waals surface area contributed by atoms with Gasteiger partial charge in [-0.05, 0) is 55.3 Å². The molecule has 1 unspecified atom stereocenters. The number of carboxylic acid groups (broad SMARTS) is 1. The monoisotopic (exact) mass is 501 g/mol. The molecule has 1 fully saturated rings. The summed E-state index contributed by atoms with van der Waals surface area (Å²) < 4.78 is 11.8. The fourth-order valence-electron chi connectivity index (χ4n) is 3.78. The molecule has 0 saturated carbocycles. The number of ether oxygens (including phenoxy) is 2. The molecular weight excluding hydrogens is 481 g/mol. The Balaban J connectivity index is 2.09. The predicted molar refractivity (Wildman–Crippen MR) is 117 cm³/mol. The molecule has 1 heterocycles. The second-order valence-corrected chi connectivity index (χ2v) is 8.56. The Morgan fingerprint density at radius 1 is 1.14 bits per heavy atom. The van der Waals surface area contributed by atoms with Crippen molar-refractivity contribution >= 4 is 45.1 Å². The predicted octanol–water partition coefficient (Wildman–Crippen LogP) is 5.66. The highest BCUT2D eigenvalue weighted by Crippen LogP contribution is 2.44. The third-order valence-corrected chi connectivity index (χ3v) is 6.84. The van der Waals surface area contributed by atoms with E-state index in [1.165, 1.54) is 0 Å². The molecule has 156 valence electrons. The molecule has 2 aromatic rings. The van der Waals surface area contributed by atoms with Gasteiger partial charge in [-0.2, -0.15) is 0 Å². The molecule has 0 aliphatic carbocycles. The highest BCUT2D eigenvalue weighted by Gasteiger charge is 2.33. The first-order valence-electron chi connectivity index (χ1n) is 9.19. The van der Waals surface area contributed by atoms with Crippen LogP contribution in [-0.2, 0) is 4.79 Å². The van der Waals surface area contributed by atoms with E-state index in [-0.39, 0.29) is 12.0 Å². The van der Waals surface area contributed by atoms with Crippen molar-refractivity contribution in [3.63, 3.8) is 0 Å². The molecule has 1 saturated heterocycles. The lowest BCUT2D eigenvalue weighted by atomic mass is 9.91. The maximum Gasteiger partial charge on any atom is 0.306 e. The molecule has 5 nitrogen and oxygen atoms in total. The molecular formula is C21H22BrCl2NO4. The van der Waals surface area contributed by atoms with Gasteiger partial charge in [0.05, 0.1) is 36.2 Å². The van der Waals surface area contributed by atoms with Crippen molar-refractivity contribution in [1.29, 1.82) is 0 Å². The van der Waals surface area contributed by atoms with E-state index >= 15 is 0 Å². The van der Waals surface area contributed by atoms with Crippen LogP contribution >= 0.6 is 39.1 Å². The van der Waals surface area contributed by atoms with Crippen molar-refractivity contribution in [3.05, 3.63) is 56.0 Å². The number of likely N-dealkylation sites (tertiary alicyclic amines) is 1. The van der Waals surface area contributed by atoms with Gasteiger partial charge in [0.25, 0.3) is 0 Å². The Bertz CT molecular complexity index is 900. The minimum atomic E-state index is -0.741. The average Bonchev–Trinajstić information content (AvgIpc) is 2.72. The first-order chi connectivity index (χ1) is 13.9. The summed E-state index contributed by atoms with van der Waals surface area (Å²) >= 11 is 16.6. The van der Waals surface area contributed by atoms with Gasteiger partial charge in [-0.25, -0.2) is 0 Å². The first-order valence-corrected chi connectivity index (χ1v) is 10.7. The van der Waals surface area contributed by atoms with Gasteiger partial charge in [0.1, 0.15) is 0 Å². The lowest BCUT2D eigenvalue weighted by Crippen LogP contribution is -2.39. The van der Waals surface area contributed by atoms with E-state index < -0.39 is 5.97 Å². The summed E-state index contributed by atoms with van der Waals surface area (Å²) in [5.41, 5.74) is 1.81. The van der Waals surface area contributed by atoms with Crippen LogP contribution in [0.15, 0.2) is 34.8 Å². The van der Waals surface area contributed by atoms with Crippen molar-refractivity contribution < 1.29 is 19.4 Å². The van der Waals surface area contributed by atoms with Crippen LogP contribution in [0.5, 0.6) is 11.5 Å². The molecule has 0 bridgehead atoms. The molecule has 29 heavy (non-hydrogen) atoms. The van der Waals surface area contributed by atoms with Gasteiger partial charge in [0.15, 0.2) is 11.5 Å². The third-order valence-electron chi connectivity index (χ3n) is 5.32. The minimum Gasteiger partial charge on any atom is -0.493 e. The Labute approximate surface area is 188 Å². The van der Waals surface area contributed by atoms with E-state index in [0.29, 0.717) is 47.5 Å². The van der Waals surface area contributed by atoms with Crippen LogP contribution in [0.3, 0.4) is 0 Å². The van der Waals surface area contributed by atoms with E-state index in [1.807, 2.05) is 24.3 Å². The number of hydrogen-bond acceptors (Lipinski definition) is 4. The second-order valence-electron chi connectivity index (χ2n) is 6.92. The number of carbonyl (C=O) groups is 1. The lowest BCUT2D eigenvalue weighted by molar-refractivity contribution is -0.143. The zero-order chi connectivity index (χ0) is 21.1. The summed E-state index contributed by atoms with van der Waals surface area (Å²) in [7, 11) is 3.18. The van der Waals surface area contributed by atoms with Gasteiger partial charge < -0.3 is 14.6 Å². The normalized spacial score (nSPS) is 16.4. The Morgan fingerprint density at radius 3 is 2.34 bits per heavy atom. The number of aliphatic carboxylic acids is 1. The van der Waals surface area contributed by atoms with Crippen molar-refractivity contribution in [2.24, 2.45) is 5.92 Å². The van der Waals surface area contributed by atoms with E-state index in [2.05, 4.69) is 20.8 Å². The molecule has 1 aliphatic rings. The number of carboxylic acids is 1. The lowest BCUT2D eigenvalue weighted by Gasteiger charge is -2.38. The van der Waals surface area contributed by atoms with E-state index in [0.717, 1.165) is 15.6 Å². The zero-order valence-corrected chi connectivity index (χ0v) is 19.2. The van der Waals surface area contributed by atoms with Crippen molar-refractivity contribution in [2.45, 2.75) is 18.9 Å². The molecule has 2 aromatic carbocycles. The van der Waals surface area contributed by atoms with Crippen LogP contribution in [0.2, 0.25) is 10.0 Å². The van der Waals surface area contributed by atoms with Crippen molar-refractivity contribution in [2.75, 3.05) is 27.3 Å². The standard InChI is InChI=1S/C21H22BrCl2NO4/c1-28-17-10-14(15(22)11-18(17)29-2)20(13-4-3-5-16(23)19(13)24)25-8-6-12(7-9-25)21(26)27/h3-5,10-12,20H,6-9H2,1-2H3,(H,26,27). The first kappa shape index (κ1) is 22.2. The number of benzene rings is 2. The van der Waals surface area contributed by atoms with Gasteiger partial charge in [0.2, 0.25) is 0 Å². The van der Waals surface area contributed by atoms with Crippen LogP contribution in [0.4, 0.5) is 0 Å². The summed E-state index contributed by atoms with van der Waals surface area (Å²) in [5.74, 6) is 0.155. The van der Waals surface area contributed by atoms with Crippen LogP contribution in [-0.4, -0.2) is 43.3 Å². The fourth-order valence-corrected chi connectivity index (χ4v) is 4.73. The smallest absolute Gasteiger partial charge is 0.306 e. The highest BCUT2D eigenvalue weighted by atomic mass is 79.9. The molecule has 3 rings (SSSR count). The molecule has 0 spiro atoms. The van der Waals surface area contributed by atoms with Gasteiger partial charge in [-0.3, -0.25) is 9.69 Å². The third kappa shape index (κ3) is 4.66. The number of methoxy groups -OCH3 is 2. The van der Waals surface area contributed by atoms with E-state index in [9.17, 15) is 9.90 Å². The minimum absolute atomic E-state index is 0.217. The number of piperidine rings is 1. The maximum absolute atomic E-state index is 11.4. The fraction of sp³-hybridized carbons (Fsp3) is 0.381. The maximum atomic E-state index is 11.4. The van der Waals surface area contributed by atoms with Crippen LogP contribution in [0, 0.1) is 5.92 Å². The van der Waals surface area contributed by atoms with Crippen LogP contribution < -0.4 is 9.47 Å². The van der Waals surface area contributed by atoms with Gasteiger partial charge >= 0.3 is 5.97 Å². The summed E-state index contributed by atoms with van der Waals surface area (Å²) in [4.78, 5) is 13.6. The Morgan fingerprint density at radius 2 is 1.76 bits per heavy atom. The summed E-state index contributed by atoms with van der Waals surface area (Å²) in [6.07, 6.45) is 1.16. The SMILES string of the molecule is COc1cc(Br)c(C(c2cccc(Cl)c2Cl)N2CCC(C(=O)O)CC2)cc1OC. The number of hydrogen-bond donors (Lipinski definition) is 1. The van der Waals surface area contributed by atoms with E-state index in [4.69, 9.17) is 32.7 Å². The second kappa shape index (κ2) is 9.56. The summed E-state index contributed by atoms with van der Waals surface area (Å²) in [6, 6.07) is 9.15. The largest absolute Gasteiger partial charge is 0.493 e. The summed E-state index contributed by atoms with van der Waals surface area (Å²) in [6.45, 7) is 1.26. The molecule has 0 aromatic heterocycles. The molecule has 1 N–H and O–H groups in total. The Kier molecular flexibility index (Phi) is 7.32. The van der Waals surface area contributed by atoms with Gasteiger partial charge in [-0.15, -0.1) is 0 Å². The molecule has 1 atom stereocenters. The van der Waals surface area contributed by atoms with Crippen LogP contribution in [0.25, 0.3) is 0 Å². The van der Waals surface area contributed by atoms with Crippen LogP contribution in [0.1, 0.15) is 30.0 Å². The molecule has 0 radical (unpaired) electrons. The Hall–Kier alpha value is -1.47. The summed E-state index contributed by atoms with van der Waals surface area (Å²) in [5, 5.41) is 10.3.